The van der Waals surface area contributed by atoms with Crippen LogP contribution in [0.15, 0.2) is 5.38 Å². The number of nitrogens with one attached hydrogen (secondary N) is 3. The number of nitrogens with zero attached hydrogens (tertiary/aromatic N) is 1. The third-order valence-electron chi connectivity index (χ3n) is 4.60. The molecular formula is C17H26N4O2S2. The molecule has 1 aromatic rings. The number of rotatable bonds is 6. The highest BCUT2D eigenvalue weighted by molar-refractivity contribution is 8.00. The monoisotopic (exact) mass is 382 g/mol. The number of aromatic nitrogens is 1. The molecule has 2 aliphatic rings. The van der Waals surface area contributed by atoms with Crippen molar-refractivity contribution in [1.29, 1.82) is 0 Å². The fraction of sp³-hybridized carbons (Fsp3) is 0.706. The highest BCUT2D eigenvalue weighted by Gasteiger charge is 2.42. The number of carbonyl (C=O) groups is 2. The lowest BCUT2D eigenvalue weighted by Gasteiger charge is -2.16. The van der Waals surface area contributed by atoms with Gasteiger partial charge in [-0.25, -0.2) is 9.78 Å². The molecule has 3 N–H and O–H groups in total. The lowest BCUT2D eigenvalue weighted by Crippen LogP contribution is -2.36. The maximum absolute atomic E-state index is 12.1. The second kappa shape index (κ2) is 7.53. The van der Waals surface area contributed by atoms with Crippen molar-refractivity contribution in [1.82, 2.24) is 15.6 Å². The van der Waals surface area contributed by atoms with Crippen LogP contribution >= 0.6 is 23.1 Å². The number of hydrogen-bond acceptors (Lipinski definition) is 5. The molecule has 0 saturated carbocycles. The highest BCUT2D eigenvalue weighted by atomic mass is 32.2. The SMILES string of the molecule is CC(C)(C)c1csc(NC(=O)CCCC[C@@H]2SC[C@@H]3NC(=O)N[C@@H]32)n1. The molecule has 3 heterocycles. The quantitative estimate of drug-likeness (QED) is 0.521. The molecule has 0 spiro atoms. The van der Waals surface area contributed by atoms with Gasteiger partial charge in [0.25, 0.3) is 0 Å². The van der Waals surface area contributed by atoms with Gasteiger partial charge in [0.2, 0.25) is 5.91 Å². The summed E-state index contributed by atoms with van der Waals surface area (Å²) >= 11 is 3.40. The Hall–Kier alpha value is -1.28. The molecule has 2 saturated heterocycles. The predicted octanol–water partition coefficient (Wildman–Crippen LogP) is 3.10. The summed E-state index contributed by atoms with van der Waals surface area (Å²) in [6, 6.07) is 0.475. The van der Waals surface area contributed by atoms with E-state index in [4.69, 9.17) is 0 Å². The van der Waals surface area contributed by atoms with E-state index in [1.807, 2.05) is 17.1 Å². The number of thioether (sulfide) groups is 1. The molecule has 3 atom stereocenters. The van der Waals surface area contributed by atoms with Gasteiger partial charge in [0, 0.05) is 28.2 Å². The van der Waals surface area contributed by atoms with Crippen molar-refractivity contribution < 1.29 is 9.59 Å². The number of carbonyl (C=O) groups excluding carboxylic acids is 2. The zero-order valence-electron chi connectivity index (χ0n) is 14.9. The Morgan fingerprint density at radius 2 is 2.16 bits per heavy atom. The van der Waals surface area contributed by atoms with Crippen molar-refractivity contribution in [2.75, 3.05) is 11.1 Å². The van der Waals surface area contributed by atoms with Gasteiger partial charge >= 0.3 is 6.03 Å². The molecule has 1 aromatic heterocycles. The number of thiazole rings is 1. The van der Waals surface area contributed by atoms with Gasteiger partial charge in [0.1, 0.15) is 0 Å². The number of hydrogen-bond donors (Lipinski definition) is 3. The van der Waals surface area contributed by atoms with Crippen LogP contribution in [0.1, 0.15) is 52.1 Å². The second-order valence-corrected chi connectivity index (χ2v) is 9.83. The first kappa shape index (κ1) is 18.5. The van der Waals surface area contributed by atoms with Crippen LogP contribution in [0, 0.1) is 0 Å². The Kier molecular flexibility index (Phi) is 5.58. The fourth-order valence-electron chi connectivity index (χ4n) is 3.13. The van der Waals surface area contributed by atoms with Crippen LogP contribution in [-0.4, -0.2) is 40.0 Å². The first-order valence-corrected chi connectivity index (χ1v) is 10.7. The molecule has 25 heavy (non-hydrogen) atoms. The van der Waals surface area contributed by atoms with Crippen molar-refractivity contribution in [2.45, 2.75) is 69.2 Å². The number of unbranched alkanes of at least 4 members (excludes halogenated alkanes) is 1. The number of fused-ring (bicyclic) bond motifs is 1. The smallest absolute Gasteiger partial charge is 0.315 e. The summed E-state index contributed by atoms with van der Waals surface area (Å²) in [5.74, 6) is 1.01. The second-order valence-electron chi connectivity index (χ2n) is 7.70. The van der Waals surface area contributed by atoms with Gasteiger partial charge < -0.3 is 16.0 Å². The Labute approximate surface area is 156 Å². The Bertz CT molecular complexity index is 641. The van der Waals surface area contributed by atoms with Crippen LogP contribution in [0.25, 0.3) is 0 Å². The largest absolute Gasteiger partial charge is 0.332 e. The minimum Gasteiger partial charge on any atom is -0.332 e. The average molecular weight is 383 g/mol. The fourth-order valence-corrected chi connectivity index (χ4v) is 5.63. The Morgan fingerprint density at radius 3 is 2.88 bits per heavy atom. The van der Waals surface area contributed by atoms with Crippen LogP contribution in [0.2, 0.25) is 0 Å². The van der Waals surface area contributed by atoms with Crippen molar-refractivity contribution in [3.05, 3.63) is 11.1 Å². The summed E-state index contributed by atoms with van der Waals surface area (Å²) in [6.07, 6.45) is 3.40. The van der Waals surface area contributed by atoms with Crippen LogP contribution in [0.4, 0.5) is 9.93 Å². The van der Waals surface area contributed by atoms with Gasteiger partial charge in [-0.1, -0.05) is 27.2 Å². The van der Waals surface area contributed by atoms with E-state index in [1.54, 1.807) is 0 Å². The van der Waals surface area contributed by atoms with Gasteiger partial charge in [-0.05, 0) is 12.8 Å². The van der Waals surface area contributed by atoms with Crippen LogP contribution < -0.4 is 16.0 Å². The van der Waals surface area contributed by atoms with Crippen LogP contribution in [0.3, 0.4) is 0 Å². The van der Waals surface area contributed by atoms with Crippen molar-refractivity contribution in [3.63, 3.8) is 0 Å². The molecule has 8 heteroatoms. The van der Waals surface area contributed by atoms with Crippen LogP contribution in [0.5, 0.6) is 0 Å². The van der Waals surface area contributed by atoms with E-state index in [1.165, 1.54) is 11.3 Å². The lowest BCUT2D eigenvalue weighted by molar-refractivity contribution is -0.116. The zero-order valence-corrected chi connectivity index (χ0v) is 16.6. The van der Waals surface area contributed by atoms with Gasteiger partial charge in [-0.2, -0.15) is 11.8 Å². The first-order valence-electron chi connectivity index (χ1n) is 8.77. The molecule has 2 aliphatic heterocycles. The highest BCUT2D eigenvalue weighted by Crippen LogP contribution is 2.33. The summed E-state index contributed by atoms with van der Waals surface area (Å²) in [4.78, 5) is 27.9. The van der Waals surface area contributed by atoms with Gasteiger partial charge in [0.05, 0.1) is 17.8 Å². The van der Waals surface area contributed by atoms with E-state index in [0.29, 0.717) is 16.8 Å². The maximum atomic E-state index is 12.1. The summed E-state index contributed by atoms with van der Waals surface area (Å²) < 4.78 is 0. The minimum atomic E-state index is -0.0437. The Morgan fingerprint density at radius 1 is 1.36 bits per heavy atom. The van der Waals surface area contributed by atoms with E-state index in [9.17, 15) is 9.59 Å². The molecule has 138 valence electrons. The van der Waals surface area contributed by atoms with E-state index in [0.717, 1.165) is 30.7 Å². The third kappa shape index (κ3) is 4.67. The average Bonchev–Trinajstić information content (AvgIpc) is 3.19. The summed E-state index contributed by atoms with van der Waals surface area (Å²) in [5.41, 5.74) is 1.01. The molecule has 0 aromatic carbocycles. The minimum absolute atomic E-state index is 0.000794. The van der Waals surface area contributed by atoms with E-state index in [2.05, 4.69) is 41.7 Å². The van der Waals surface area contributed by atoms with Crippen molar-refractivity contribution in [3.8, 4) is 0 Å². The van der Waals surface area contributed by atoms with Crippen molar-refractivity contribution >= 4 is 40.2 Å². The molecule has 0 bridgehead atoms. The summed E-state index contributed by atoms with van der Waals surface area (Å²) in [7, 11) is 0. The molecule has 0 aliphatic carbocycles. The number of amides is 3. The molecule has 3 amide bonds. The summed E-state index contributed by atoms with van der Waals surface area (Å²) in [5, 5.41) is 12.0. The van der Waals surface area contributed by atoms with Gasteiger partial charge in [0.15, 0.2) is 5.13 Å². The number of urea groups is 1. The van der Waals surface area contributed by atoms with Gasteiger partial charge in [-0.3, -0.25) is 4.79 Å². The van der Waals surface area contributed by atoms with E-state index >= 15 is 0 Å². The molecular weight excluding hydrogens is 356 g/mol. The normalized spacial score (nSPS) is 25.4. The molecule has 2 fully saturated rings. The standard InChI is InChI=1S/C17H26N4O2S2/c1-17(2,3)12-9-25-16(19-12)20-13(22)7-5-4-6-11-14-10(8-24-11)18-15(23)21-14/h9-11,14H,4-8H2,1-3H3,(H2,18,21,23)(H,19,20,22)/t10-,11-,14-/m0/s1. The number of anilines is 1. The Balaban J connectivity index is 1.36. The lowest BCUT2D eigenvalue weighted by atomic mass is 9.93. The zero-order chi connectivity index (χ0) is 18.0. The first-order chi connectivity index (χ1) is 11.8. The maximum Gasteiger partial charge on any atom is 0.315 e. The topological polar surface area (TPSA) is 83.1 Å². The third-order valence-corrected chi connectivity index (χ3v) is 6.87. The molecule has 6 nitrogen and oxygen atoms in total. The molecule has 3 rings (SSSR count). The van der Waals surface area contributed by atoms with E-state index < -0.39 is 0 Å². The predicted molar refractivity (Wildman–Crippen MR) is 103 cm³/mol. The van der Waals surface area contributed by atoms with Crippen molar-refractivity contribution in [2.24, 2.45) is 0 Å². The van der Waals surface area contributed by atoms with Gasteiger partial charge in [-0.15, -0.1) is 11.3 Å². The van der Waals surface area contributed by atoms with E-state index in [-0.39, 0.29) is 29.4 Å². The molecule has 0 radical (unpaired) electrons. The summed E-state index contributed by atoms with van der Waals surface area (Å²) in [6.45, 7) is 6.34. The van der Waals surface area contributed by atoms with Crippen LogP contribution in [-0.2, 0) is 10.2 Å². The molecule has 0 unspecified atom stereocenters.